The number of hydrogen-bond acceptors (Lipinski definition) is 3. The van der Waals surface area contributed by atoms with E-state index in [-0.39, 0.29) is 18.2 Å². The molecule has 108 valence electrons. The second-order valence-corrected chi connectivity index (χ2v) is 5.40. The van der Waals surface area contributed by atoms with E-state index >= 15 is 0 Å². The van der Waals surface area contributed by atoms with Crippen LogP contribution in [0.1, 0.15) is 17.2 Å². The van der Waals surface area contributed by atoms with Gasteiger partial charge in [-0.3, -0.25) is 0 Å². The maximum Gasteiger partial charge on any atom is 0.121 e. The van der Waals surface area contributed by atoms with Crippen molar-refractivity contribution in [1.29, 1.82) is 0 Å². The van der Waals surface area contributed by atoms with E-state index in [1.54, 1.807) is 18.2 Å². The fraction of sp³-hybridized carbons (Fsp3) is 0.200. The Morgan fingerprint density at radius 3 is 2.35 bits per heavy atom. The van der Waals surface area contributed by atoms with Crippen LogP contribution in [-0.2, 0) is 6.42 Å². The Morgan fingerprint density at radius 2 is 1.75 bits per heavy atom. The van der Waals surface area contributed by atoms with Crippen LogP contribution in [0.3, 0.4) is 0 Å². The summed E-state index contributed by atoms with van der Waals surface area (Å²) < 4.78 is 0.776. The monoisotopic (exact) mass is 357 g/mol. The lowest BCUT2D eigenvalue weighted by Crippen LogP contribution is -2.28. The second-order valence-electron chi connectivity index (χ2n) is 4.49. The van der Waals surface area contributed by atoms with Gasteiger partial charge in [0.2, 0.25) is 0 Å². The molecular formula is C15H17BrClNO2. The Labute approximate surface area is 133 Å². The minimum absolute atomic E-state index is 0. The lowest BCUT2D eigenvalue weighted by Gasteiger charge is -2.20. The van der Waals surface area contributed by atoms with Crippen LogP contribution in [0.5, 0.6) is 5.75 Å². The zero-order valence-electron chi connectivity index (χ0n) is 10.7. The summed E-state index contributed by atoms with van der Waals surface area (Å²) in [5.41, 5.74) is 7.58. The maximum absolute atomic E-state index is 10.2. The largest absolute Gasteiger partial charge is 0.508 e. The van der Waals surface area contributed by atoms with Crippen molar-refractivity contribution in [3.8, 4) is 5.75 Å². The van der Waals surface area contributed by atoms with E-state index in [1.807, 2.05) is 30.3 Å². The SMILES string of the molecule is Cl.N[C@H](c1ccc(Br)cc1O)[C@@H](O)Cc1ccccc1. The minimum atomic E-state index is -0.741. The summed E-state index contributed by atoms with van der Waals surface area (Å²) in [6.45, 7) is 0. The average Bonchev–Trinajstić information content (AvgIpc) is 2.39. The van der Waals surface area contributed by atoms with Crippen LogP contribution in [0.4, 0.5) is 0 Å². The topological polar surface area (TPSA) is 66.5 Å². The number of nitrogens with two attached hydrogens (primary N) is 1. The Bertz CT molecular complexity index is 551. The number of aliphatic hydroxyl groups is 1. The van der Waals surface area contributed by atoms with Crippen molar-refractivity contribution in [1.82, 2.24) is 0 Å². The molecule has 0 aromatic heterocycles. The van der Waals surface area contributed by atoms with Gasteiger partial charge >= 0.3 is 0 Å². The molecule has 0 fully saturated rings. The molecule has 3 nitrogen and oxygen atoms in total. The van der Waals surface area contributed by atoms with Crippen LogP contribution in [0.25, 0.3) is 0 Å². The first kappa shape index (κ1) is 17.0. The molecule has 0 aliphatic carbocycles. The van der Waals surface area contributed by atoms with Crippen LogP contribution >= 0.6 is 28.3 Å². The molecule has 0 spiro atoms. The van der Waals surface area contributed by atoms with E-state index in [9.17, 15) is 10.2 Å². The van der Waals surface area contributed by atoms with Crippen molar-refractivity contribution < 1.29 is 10.2 Å². The molecule has 4 N–H and O–H groups in total. The molecule has 0 heterocycles. The predicted octanol–water partition coefficient (Wildman–Crippen LogP) is 3.18. The average molecular weight is 359 g/mol. The van der Waals surface area contributed by atoms with Gasteiger partial charge in [-0.2, -0.15) is 0 Å². The van der Waals surface area contributed by atoms with Crippen molar-refractivity contribution >= 4 is 28.3 Å². The Balaban J connectivity index is 0.00000200. The molecule has 0 unspecified atom stereocenters. The molecule has 2 aromatic carbocycles. The molecule has 20 heavy (non-hydrogen) atoms. The van der Waals surface area contributed by atoms with Gasteiger partial charge in [-0.15, -0.1) is 12.4 Å². The molecule has 0 aliphatic heterocycles. The fourth-order valence-electron chi connectivity index (χ4n) is 1.99. The number of phenolic OH excluding ortho intramolecular Hbond substituents is 1. The summed E-state index contributed by atoms with van der Waals surface area (Å²) in [5.74, 6) is 0.0917. The van der Waals surface area contributed by atoms with E-state index < -0.39 is 12.1 Å². The summed E-state index contributed by atoms with van der Waals surface area (Å²) in [6.07, 6.45) is -0.285. The van der Waals surface area contributed by atoms with E-state index in [0.29, 0.717) is 12.0 Å². The lowest BCUT2D eigenvalue weighted by molar-refractivity contribution is 0.143. The third kappa shape index (κ3) is 4.21. The first-order chi connectivity index (χ1) is 9.08. The van der Waals surface area contributed by atoms with Crippen molar-refractivity contribution in [2.45, 2.75) is 18.6 Å². The van der Waals surface area contributed by atoms with Crippen LogP contribution < -0.4 is 5.73 Å². The first-order valence-electron chi connectivity index (χ1n) is 6.04. The smallest absolute Gasteiger partial charge is 0.121 e. The Morgan fingerprint density at radius 1 is 1.10 bits per heavy atom. The highest BCUT2D eigenvalue weighted by Crippen LogP contribution is 2.28. The minimum Gasteiger partial charge on any atom is -0.508 e. The van der Waals surface area contributed by atoms with Gasteiger partial charge in [0.25, 0.3) is 0 Å². The highest BCUT2D eigenvalue weighted by atomic mass is 79.9. The molecule has 0 saturated heterocycles. The highest BCUT2D eigenvalue weighted by molar-refractivity contribution is 9.10. The second kappa shape index (κ2) is 7.64. The summed E-state index contributed by atoms with van der Waals surface area (Å²) in [7, 11) is 0. The van der Waals surface area contributed by atoms with E-state index in [0.717, 1.165) is 10.0 Å². The number of rotatable bonds is 4. The zero-order chi connectivity index (χ0) is 13.8. The van der Waals surface area contributed by atoms with Crippen molar-refractivity contribution in [3.05, 3.63) is 64.1 Å². The van der Waals surface area contributed by atoms with Crippen molar-refractivity contribution in [2.75, 3.05) is 0 Å². The Hall–Kier alpha value is -1.07. The number of halogens is 2. The highest BCUT2D eigenvalue weighted by Gasteiger charge is 2.20. The molecule has 0 saturated carbocycles. The fourth-order valence-corrected chi connectivity index (χ4v) is 2.34. The number of benzene rings is 2. The molecular weight excluding hydrogens is 342 g/mol. The predicted molar refractivity (Wildman–Crippen MR) is 86.1 cm³/mol. The van der Waals surface area contributed by atoms with Gasteiger partial charge in [-0.25, -0.2) is 0 Å². The quantitative estimate of drug-likeness (QED) is 0.786. The van der Waals surface area contributed by atoms with Gasteiger partial charge in [-0.1, -0.05) is 52.3 Å². The zero-order valence-corrected chi connectivity index (χ0v) is 13.1. The third-order valence-electron chi connectivity index (χ3n) is 3.05. The van der Waals surface area contributed by atoms with Crippen LogP contribution in [-0.4, -0.2) is 16.3 Å². The molecule has 2 atom stereocenters. The van der Waals surface area contributed by atoms with Crippen molar-refractivity contribution in [3.63, 3.8) is 0 Å². The summed E-state index contributed by atoms with van der Waals surface area (Å²) in [5, 5.41) is 20.0. The van der Waals surface area contributed by atoms with Gasteiger partial charge in [0.05, 0.1) is 12.1 Å². The van der Waals surface area contributed by atoms with Gasteiger partial charge in [0.1, 0.15) is 5.75 Å². The van der Waals surface area contributed by atoms with Gasteiger partial charge < -0.3 is 15.9 Å². The Kier molecular flexibility index (Phi) is 6.49. The van der Waals surface area contributed by atoms with E-state index in [2.05, 4.69) is 15.9 Å². The summed E-state index contributed by atoms with van der Waals surface area (Å²) in [4.78, 5) is 0. The molecule has 0 radical (unpaired) electrons. The van der Waals surface area contributed by atoms with Gasteiger partial charge in [-0.05, 0) is 17.7 Å². The van der Waals surface area contributed by atoms with Crippen LogP contribution in [0, 0.1) is 0 Å². The summed E-state index contributed by atoms with van der Waals surface area (Å²) in [6, 6.07) is 14.1. The maximum atomic E-state index is 10.2. The van der Waals surface area contributed by atoms with Crippen LogP contribution in [0.2, 0.25) is 0 Å². The van der Waals surface area contributed by atoms with Crippen molar-refractivity contribution in [2.24, 2.45) is 5.73 Å². The molecule has 2 aromatic rings. The van der Waals surface area contributed by atoms with E-state index in [4.69, 9.17) is 5.73 Å². The number of aliphatic hydroxyl groups excluding tert-OH is 1. The van der Waals surface area contributed by atoms with E-state index in [1.165, 1.54) is 0 Å². The van der Waals surface area contributed by atoms with Crippen LogP contribution in [0.15, 0.2) is 53.0 Å². The lowest BCUT2D eigenvalue weighted by atomic mass is 9.96. The first-order valence-corrected chi connectivity index (χ1v) is 6.83. The third-order valence-corrected chi connectivity index (χ3v) is 3.55. The summed E-state index contributed by atoms with van der Waals surface area (Å²) >= 11 is 3.27. The molecule has 2 rings (SSSR count). The molecule has 0 bridgehead atoms. The normalized spacial score (nSPS) is 13.3. The molecule has 0 aliphatic rings. The molecule has 0 amide bonds. The number of aromatic hydroxyl groups is 1. The molecule has 5 heteroatoms. The number of phenols is 1. The standard InChI is InChI=1S/C15H16BrNO2.ClH/c16-11-6-7-12(13(18)9-11)15(17)14(19)8-10-4-2-1-3-5-10;/h1-7,9,14-15,18-19H,8,17H2;1H/t14-,15+;/m0./s1. The van der Waals surface area contributed by atoms with Gasteiger partial charge in [0.15, 0.2) is 0 Å². The van der Waals surface area contributed by atoms with Gasteiger partial charge in [0, 0.05) is 16.5 Å². The number of hydrogen-bond donors (Lipinski definition) is 3.